The number of nitrogens with zero attached hydrogens (tertiary/aromatic N) is 1. The molecule has 1 amide bonds. The van der Waals surface area contributed by atoms with Crippen molar-refractivity contribution in [1.82, 2.24) is 4.90 Å². The predicted octanol–water partition coefficient (Wildman–Crippen LogP) is 1.68. The van der Waals surface area contributed by atoms with Crippen molar-refractivity contribution in [2.75, 3.05) is 27.2 Å². The first-order valence-corrected chi connectivity index (χ1v) is 6.49. The summed E-state index contributed by atoms with van der Waals surface area (Å²) in [4.78, 5) is 13.9. The Morgan fingerprint density at radius 2 is 1.89 bits per heavy atom. The van der Waals surface area contributed by atoms with Crippen LogP contribution in [0.2, 0.25) is 0 Å². The molecular weight excluding hydrogens is 240 g/mol. The van der Waals surface area contributed by atoms with E-state index < -0.39 is 5.41 Å². The molecule has 0 aromatic heterocycles. The minimum absolute atomic E-state index is 0.0866. The molecule has 4 heteroatoms. The van der Waals surface area contributed by atoms with Gasteiger partial charge in [-0.05, 0) is 38.0 Å². The van der Waals surface area contributed by atoms with Gasteiger partial charge in [0.25, 0.3) is 0 Å². The minimum atomic E-state index is -0.491. The van der Waals surface area contributed by atoms with Crippen LogP contribution in [0.1, 0.15) is 19.4 Å². The van der Waals surface area contributed by atoms with Crippen LogP contribution in [0.4, 0.5) is 0 Å². The van der Waals surface area contributed by atoms with Crippen molar-refractivity contribution < 1.29 is 9.53 Å². The Balaban J connectivity index is 2.54. The third-order valence-electron chi connectivity index (χ3n) is 3.33. The van der Waals surface area contributed by atoms with E-state index >= 15 is 0 Å². The molecule has 1 aromatic carbocycles. The van der Waals surface area contributed by atoms with Gasteiger partial charge in [-0.25, -0.2) is 0 Å². The van der Waals surface area contributed by atoms with Crippen molar-refractivity contribution in [3.05, 3.63) is 29.8 Å². The van der Waals surface area contributed by atoms with Crippen LogP contribution in [-0.4, -0.2) is 38.1 Å². The van der Waals surface area contributed by atoms with E-state index in [1.807, 2.05) is 45.2 Å². The van der Waals surface area contributed by atoms with Crippen molar-refractivity contribution in [3.63, 3.8) is 0 Å². The molecule has 19 heavy (non-hydrogen) atoms. The molecule has 4 nitrogen and oxygen atoms in total. The Morgan fingerprint density at radius 3 is 2.37 bits per heavy atom. The summed E-state index contributed by atoms with van der Waals surface area (Å²) >= 11 is 0. The molecule has 1 aromatic rings. The van der Waals surface area contributed by atoms with Gasteiger partial charge in [-0.2, -0.15) is 0 Å². The maximum atomic E-state index is 12.1. The highest BCUT2D eigenvalue weighted by molar-refractivity contribution is 5.81. The highest BCUT2D eigenvalue weighted by Gasteiger charge is 2.28. The SMILES string of the molecule is COc1ccc(CCN(C)C(=O)C(C)(C)CN)cc1. The zero-order valence-corrected chi connectivity index (χ0v) is 12.3. The van der Waals surface area contributed by atoms with E-state index in [-0.39, 0.29) is 5.91 Å². The highest BCUT2D eigenvalue weighted by atomic mass is 16.5. The molecule has 2 N–H and O–H groups in total. The standard InChI is InChI=1S/C15H24N2O2/c1-15(2,11-16)14(18)17(3)10-9-12-5-7-13(19-4)8-6-12/h5-8H,9-11,16H2,1-4H3. The topological polar surface area (TPSA) is 55.6 Å². The summed E-state index contributed by atoms with van der Waals surface area (Å²) in [6, 6.07) is 7.90. The fourth-order valence-electron chi connectivity index (χ4n) is 1.79. The second-order valence-electron chi connectivity index (χ2n) is 5.41. The normalized spacial score (nSPS) is 11.2. The smallest absolute Gasteiger partial charge is 0.229 e. The number of carbonyl (C=O) groups is 1. The van der Waals surface area contributed by atoms with E-state index in [1.165, 1.54) is 5.56 Å². The van der Waals surface area contributed by atoms with E-state index in [4.69, 9.17) is 10.5 Å². The number of benzene rings is 1. The summed E-state index contributed by atoms with van der Waals surface area (Å²) in [7, 11) is 3.47. The van der Waals surface area contributed by atoms with Crippen LogP contribution in [0.3, 0.4) is 0 Å². The molecule has 0 aliphatic rings. The monoisotopic (exact) mass is 264 g/mol. The number of methoxy groups -OCH3 is 1. The maximum absolute atomic E-state index is 12.1. The molecule has 0 aliphatic heterocycles. The molecule has 1 rings (SSSR count). The van der Waals surface area contributed by atoms with Crippen molar-refractivity contribution in [2.45, 2.75) is 20.3 Å². The van der Waals surface area contributed by atoms with Crippen molar-refractivity contribution in [1.29, 1.82) is 0 Å². The predicted molar refractivity (Wildman–Crippen MR) is 77.2 cm³/mol. The van der Waals surface area contributed by atoms with Gasteiger partial charge in [-0.3, -0.25) is 4.79 Å². The number of rotatable bonds is 6. The zero-order chi connectivity index (χ0) is 14.5. The lowest BCUT2D eigenvalue weighted by Gasteiger charge is -2.28. The van der Waals surface area contributed by atoms with Crippen LogP contribution in [0.25, 0.3) is 0 Å². The fraction of sp³-hybridized carbons (Fsp3) is 0.533. The number of carbonyl (C=O) groups excluding carboxylic acids is 1. The molecule has 0 aliphatic carbocycles. The first kappa shape index (κ1) is 15.5. The Morgan fingerprint density at radius 1 is 1.32 bits per heavy atom. The summed E-state index contributed by atoms with van der Waals surface area (Å²) in [5.74, 6) is 0.931. The summed E-state index contributed by atoms with van der Waals surface area (Å²) in [6.07, 6.45) is 0.826. The molecule has 0 radical (unpaired) electrons. The van der Waals surface area contributed by atoms with Gasteiger partial charge < -0.3 is 15.4 Å². The lowest BCUT2D eigenvalue weighted by molar-refractivity contribution is -0.138. The van der Waals surface area contributed by atoms with E-state index in [1.54, 1.807) is 12.0 Å². The second-order valence-corrected chi connectivity index (χ2v) is 5.41. The van der Waals surface area contributed by atoms with Crippen molar-refractivity contribution >= 4 is 5.91 Å². The lowest BCUT2D eigenvalue weighted by Crippen LogP contribution is -2.43. The van der Waals surface area contributed by atoms with Crippen molar-refractivity contribution in [3.8, 4) is 5.75 Å². The maximum Gasteiger partial charge on any atom is 0.229 e. The molecule has 106 valence electrons. The second kappa shape index (κ2) is 6.57. The van der Waals surface area contributed by atoms with E-state index in [0.717, 1.165) is 12.2 Å². The van der Waals surface area contributed by atoms with Crippen LogP contribution in [0.5, 0.6) is 5.75 Å². The number of amides is 1. The summed E-state index contributed by atoms with van der Waals surface area (Å²) < 4.78 is 5.11. The first-order chi connectivity index (χ1) is 8.90. The molecule has 0 fully saturated rings. The molecule has 0 unspecified atom stereocenters. The molecule has 0 saturated carbocycles. The minimum Gasteiger partial charge on any atom is -0.497 e. The van der Waals surface area contributed by atoms with Gasteiger partial charge in [0.2, 0.25) is 5.91 Å². The molecule has 0 spiro atoms. The van der Waals surface area contributed by atoms with Gasteiger partial charge >= 0.3 is 0 Å². The zero-order valence-electron chi connectivity index (χ0n) is 12.3. The van der Waals surface area contributed by atoms with Crippen LogP contribution >= 0.6 is 0 Å². The highest BCUT2D eigenvalue weighted by Crippen LogP contribution is 2.17. The Bertz CT molecular complexity index is 413. The van der Waals surface area contributed by atoms with E-state index in [0.29, 0.717) is 13.1 Å². The van der Waals surface area contributed by atoms with Gasteiger partial charge in [0, 0.05) is 20.1 Å². The number of ether oxygens (including phenoxy) is 1. The van der Waals surface area contributed by atoms with Gasteiger partial charge in [0.15, 0.2) is 0 Å². The Labute approximate surface area is 115 Å². The lowest BCUT2D eigenvalue weighted by atomic mass is 9.92. The summed E-state index contributed by atoms with van der Waals surface area (Å²) in [6.45, 7) is 4.80. The first-order valence-electron chi connectivity index (χ1n) is 6.49. The van der Waals surface area contributed by atoms with Gasteiger partial charge in [-0.15, -0.1) is 0 Å². The molecule has 0 heterocycles. The number of hydrogen-bond donors (Lipinski definition) is 1. The van der Waals surface area contributed by atoms with Crippen LogP contribution in [0, 0.1) is 5.41 Å². The summed E-state index contributed by atoms with van der Waals surface area (Å²) in [5.41, 5.74) is 6.32. The largest absolute Gasteiger partial charge is 0.497 e. The average molecular weight is 264 g/mol. The molecule has 0 saturated heterocycles. The number of hydrogen-bond acceptors (Lipinski definition) is 3. The molecular formula is C15H24N2O2. The number of nitrogens with two attached hydrogens (primary N) is 1. The van der Waals surface area contributed by atoms with Gasteiger partial charge in [0.05, 0.1) is 12.5 Å². The van der Waals surface area contributed by atoms with Crippen molar-refractivity contribution in [2.24, 2.45) is 11.1 Å². The fourth-order valence-corrected chi connectivity index (χ4v) is 1.79. The van der Waals surface area contributed by atoms with Gasteiger partial charge in [0.1, 0.15) is 5.75 Å². The Kier molecular flexibility index (Phi) is 5.36. The van der Waals surface area contributed by atoms with Crippen LogP contribution in [-0.2, 0) is 11.2 Å². The van der Waals surface area contributed by atoms with Gasteiger partial charge in [-0.1, -0.05) is 12.1 Å². The quantitative estimate of drug-likeness (QED) is 0.850. The third kappa shape index (κ3) is 4.24. The third-order valence-corrected chi connectivity index (χ3v) is 3.33. The number of likely N-dealkylation sites (N-methyl/N-ethyl adjacent to an activating group) is 1. The van der Waals surface area contributed by atoms with Crippen LogP contribution < -0.4 is 10.5 Å². The average Bonchev–Trinajstić information content (AvgIpc) is 2.44. The van der Waals surface area contributed by atoms with E-state index in [2.05, 4.69) is 0 Å². The summed E-state index contributed by atoms with van der Waals surface area (Å²) in [5, 5.41) is 0. The Hall–Kier alpha value is -1.55. The molecule has 0 bridgehead atoms. The van der Waals surface area contributed by atoms with Crippen LogP contribution in [0.15, 0.2) is 24.3 Å². The van der Waals surface area contributed by atoms with E-state index in [9.17, 15) is 4.79 Å². The molecule has 0 atom stereocenters.